The molecule has 0 bridgehead atoms. The van der Waals surface area contributed by atoms with Crippen LogP contribution in [0.3, 0.4) is 0 Å². The number of hydrogen-bond donors (Lipinski definition) is 0. The van der Waals surface area contributed by atoms with E-state index in [0.29, 0.717) is 11.3 Å². The second kappa shape index (κ2) is 6.11. The molecule has 1 aromatic carbocycles. The molecule has 19 heavy (non-hydrogen) atoms. The van der Waals surface area contributed by atoms with Gasteiger partial charge in [0.2, 0.25) is 9.05 Å². The van der Waals surface area contributed by atoms with Crippen molar-refractivity contribution in [1.29, 1.82) is 0 Å². The number of halogens is 1. The van der Waals surface area contributed by atoms with E-state index in [0.717, 1.165) is 25.9 Å². The molecule has 1 aliphatic heterocycles. The molecule has 1 aromatic rings. The number of nitrogens with zero attached hydrogens (tertiary/aromatic N) is 1. The number of piperidine rings is 1. The highest BCUT2D eigenvalue weighted by Gasteiger charge is 2.20. The lowest BCUT2D eigenvalue weighted by atomic mass is 10.1. The third-order valence-corrected chi connectivity index (χ3v) is 4.24. The Morgan fingerprint density at radius 2 is 1.95 bits per heavy atom. The summed E-state index contributed by atoms with van der Waals surface area (Å²) >= 11 is 0. The van der Waals surface area contributed by atoms with Gasteiger partial charge in [0.05, 0.1) is 5.75 Å². The Labute approximate surface area is 118 Å². The summed E-state index contributed by atoms with van der Waals surface area (Å²) in [7, 11) is 3.83. The van der Waals surface area contributed by atoms with E-state index in [1.165, 1.54) is 0 Å². The predicted octanol–water partition coefficient (Wildman–Crippen LogP) is 2.23. The molecule has 1 aliphatic rings. The second-order valence-corrected chi connectivity index (χ2v) is 7.69. The Bertz CT molecular complexity index is 524. The average Bonchev–Trinajstić information content (AvgIpc) is 2.33. The molecule has 0 unspecified atom stereocenters. The van der Waals surface area contributed by atoms with E-state index >= 15 is 0 Å². The van der Waals surface area contributed by atoms with E-state index in [-0.39, 0.29) is 11.9 Å². The lowest BCUT2D eigenvalue weighted by Crippen LogP contribution is -2.35. The van der Waals surface area contributed by atoms with Gasteiger partial charge in [-0.25, -0.2) is 8.42 Å². The molecule has 6 heteroatoms. The van der Waals surface area contributed by atoms with Crippen LogP contribution >= 0.6 is 10.7 Å². The van der Waals surface area contributed by atoms with Gasteiger partial charge in [-0.15, -0.1) is 0 Å². The molecule has 0 aromatic heterocycles. The molecule has 0 radical (unpaired) electrons. The summed E-state index contributed by atoms with van der Waals surface area (Å²) in [5, 5.41) is 0. The Balaban J connectivity index is 2.07. The van der Waals surface area contributed by atoms with Crippen LogP contribution in [-0.2, 0) is 14.8 Å². The van der Waals surface area contributed by atoms with E-state index in [1.807, 2.05) is 6.07 Å². The lowest BCUT2D eigenvalue weighted by molar-refractivity contribution is 0.113. The zero-order valence-corrected chi connectivity index (χ0v) is 12.5. The largest absolute Gasteiger partial charge is 0.490 e. The van der Waals surface area contributed by atoms with Gasteiger partial charge in [-0.3, -0.25) is 0 Å². The van der Waals surface area contributed by atoms with Gasteiger partial charge in [0.15, 0.2) is 0 Å². The highest BCUT2D eigenvalue weighted by molar-refractivity contribution is 8.13. The number of rotatable bonds is 4. The van der Waals surface area contributed by atoms with Crippen LogP contribution in [0.4, 0.5) is 0 Å². The molecule has 4 nitrogen and oxygen atoms in total. The molecule has 0 saturated carbocycles. The van der Waals surface area contributed by atoms with Crippen LogP contribution in [0.25, 0.3) is 0 Å². The van der Waals surface area contributed by atoms with Crippen LogP contribution in [0.2, 0.25) is 0 Å². The summed E-state index contributed by atoms with van der Waals surface area (Å²) < 4.78 is 28.3. The summed E-state index contributed by atoms with van der Waals surface area (Å²) in [6.45, 7) is 2.00. The third-order valence-electron chi connectivity index (χ3n) is 3.26. The summed E-state index contributed by atoms with van der Waals surface area (Å²) in [5.74, 6) is 0.429. The zero-order chi connectivity index (χ0) is 13.9. The number of ether oxygens (including phenoxy) is 1. The molecule has 0 N–H and O–H groups in total. The average molecular weight is 304 g/mol. The van der Waals surface area contributed by atoms with Crippen molar-refractivity contribution in [2.45, 2.75) is 24.7 Å². The van der Waals surface area contributed by atoms with Gasteiger partial charge in [0.1, 0.15) is 11.9 Å². The van der Waals surface area contributed by atoms with E-state index < -0.39 is 9.05 Å². The number of hydrogen-bond acceptors (Lipinski definition) is 4. The summed E-state index contributed by atoms with van der Waals surface area (Å²) in [6, 6.07) is 7.17. The first kappa shape index (κ1) is 14.6. The lowest BCUT2D eigenvalue weighted by Gasteiger charge is -2.29. The molecule has 1 heterocycles. The van der Waals surface area contributed by atoms with Crippen molar-refractivity contribution in [3.63, 3.8) is 0 Å². The van der Waals surface area contributed by atoms with Gasteiger partial charge < -0.3 is 9.64 Å². The van der Waals surface area contributed by atoms with Crippen LogP contribution in [0, 0.1) is 0 Å². The first-order valence-corrected chi connectivity index (χ1v) is 8.77. The Hall–Kier alpha value is -0.780. The topological polar surface area (TPSA) is 46.6 Å². The van der Waals surface area contributed by atoms with Gasteiger partial charge in [-0.2, -0.15) is 0 Å². The monoisotopic (exact) mass is 303 g/mol. The van der Waals surface area contributed by atoms with Crippen LogP contribution < -0.4 is 4.74 Å². The fraction of sp³-hybridized carbons (Fsp3) is 0.538. The van der Waals surface area contributed by atoms with Crippen LogP contribution in [0.5, 0.6) is 5.75 Å². The van der Waals surface area contributed by atoms with Crippen molar-refractivity contribution in [1.82, 2.24) is 4.90 Å². The molecule has 2 rings (SSSR count). The quantitative estimate of drug-likeness (QED) is 0.800. The fourth-order valence-corrected chi connectivity index (χ4v) is 3.17. The molecule has 1 saturated heterocycles. The Kier molecular flexibility index (Phi) is 4.71. The molecule has 106 valence electrons. The molecule has 0 spiro atoms. The minimum absolute atomic E-state index is 0.148. The first-order chi connectivity index (χ1) is 8.94. The smallest absolute Gasteiger partial charge is 0.236 e. The molecule has 1 fully saturated rings. The molecule has 0 amide bonds. The maximum Gasteiger partial charge on any atom is 0.236 e. The maximum atomic E-state index is 11.2. The van der Waals surface area contributed by atoms with E-state index in [9.17, 15) is 8.42 Å². The third kappa shape index (κ3) is 4.67. The van der Waals surface area contributed by atoms with Crippen molar-refractivity contribution in [2.24, 2.45) is 0 Å². The van der Waals surface area contributed by atoms with Gasteiger partial charge in [0.25, 0.3) is 0 Å². The van der Waals surface area contributed by atoms with E-state index in [1.54, 1.807) is 18.2 Å². The van der Waals surface area contributed by atoms with Gasteiger partial charge in [-0.05, 0) is 26.0 Å². The highest BCUT2D eigenvalue weighted by atomic mass is 35.7. The number of para-hydroxylation sites is 1. The SMILES string of the molecule is CN1CCC(Oc2ccccc2CS(=O)(=O)Cl)CC1. The van der Waals surface area contributed by atoms with E-state index in [2.05, 4.69) is 11.9 Å². The second-order valence-electron chi connectivity index (χ2n) is 4.91. The maximum absolute atomic E-state index is 11.2. The van der Waals surface area contributed by atoms with Gasteiger partial charge in [0, 0.05) is 29.3 Å². The van der Waals surface area contributed by atoms with Crippen LogP contribution in [-0.4, -0.2) is 39.6 Å². The standard InChI is InChI=1S/C13H18ClNO3S/c1-15-8-6-12(7-9-15)18-13-5-3-2-4-11(13)10-19(14,16)17/h2-5,12H,6-10H2,1H3. The number of benzene rings is 1. The van der Waals surface area contributed by atoms with Crippen molar-refractivity contribution in [3.05, 3.63) is 29.8 Å². The van der Waals surface area contributed by atoms with Crippen LogP contribution in [0.1, 0.15) is 18.4 Å². The van der Waals surface area contributed by atoms with Crippen LogP contribution in [0.15, 0.2) is 24.3 Å². The minimum Gasteiger partial charge on any atom is -0.490 e. The van der Waals surface area contributed by atoms with Crippen molar-refractivity contribution in [2.75, 3.05) is 20.1 Å². The van der Waals surface area contributed by atoms with Crippen molar-refractivity contribution in [3.8, 4) is 5.75 Å². The first-order valence-electron chi connectivity index (χ1n) is 6.29. The molecule has 0 aliphatic carbocycles. The Morgan fingerprint density at radius 3 is 2.58 bits per heavy atom. The fourth-order valence-electron chi connectivity index (χ4n) is 2.21. The summed E-state index contributed by atoms with van der Waals surface area (Å²) in [4.78, 5) is 2.26. The minimum atomic E-state index is -3.57. The summed E-state index contributed by atoms with van der Waals surface area (Å²) in [6.07, 6.45) is 2.06. The molecule has 0 atom stereocenters. The molecular weight excluding hydrogens is 286 g/mol. The van der Waals surface area contributed by atoms with Gasteiger partial charge in [-0.1, -0.05) is 18.2 Å². The number of likely N-dealkylation sites (tertiary alicyclic amines) is 1. The summed E-state index contributed by atoms with van der Waals surface area (Å²) in [5.41, 5.74) is 0.622. The highest BCUT2D eigenvalue weighted by Crippen LogP contribution is 2.25. The Morgan fingerprint density at radius 1 is 1.32 bits per heavy atom. The predicted molar refractivity (Wildman–Crippen MR) is 76.1 cm³/mol. The normalized spacial score (nSPS) is 18.4. The van der Waals surface area contributed by atoms with Crippen molar-refractivity contribution >= 4 is 19.7 Å². The molecular formula is C13H18ClNO3S. The van der Waals surface area contributed by atoms with Crippen molar-refractivity contribution < 1.29 is 13.2 Å². The van der Waals surface area contributed by atoms with Gasteiger partial charge >= 0.3 is 0 Å². The zero-order valence-electron chi connectivity index (χ0n) is 10.9. The van der Waals surface area contributed by atoms with E-state index in [4.69, 9.17) is 15.4 Å².